The van der Waals surface area contributed by atoms with Crippen molar-refractivity contribution in [2.45, 2.75) is 31.7 Å². The minimum absolute atomic E-state index is 0.0145. The fourth-order valence-corrected chi connectivity index (χ4v) is 4.04. The van der Waals surface area contributed by atoms with Gasteiger partial charge in [0.15, 0.2) is 0 Å². The third-order valence-electron chi connectivity index (χ3n) is 5.40. The molecule has 0 aliphatic carbocycles. The molecule has 0 bridgehead atoms. The Balaban J connectivity index is 1.51. The molecule has 0 spiro atoms. The molecule has 3 amide bonds. The number of hydrogen-bond donors (Lipinski definition) is 2. The highest BCUT2D eigenvalue weighted by Gasteiger charge is 2.36. The lowest BCUT2D eigenvalue weighted by molar-refractivity contribution is -0.135. The van der Waals surface area contributed by atoms with Crippen LogP contribution in [0.15, 0.2) is 30.3 Å². The van der Waals surface area contributed by atoms with Gasteiger partial charge in [0.25, 0.3) is 0 Å². The van der Waals surface area contributed by atoms with E-state index in [1.165, 1.54) is 10.5 Å². The molecular formula is C19H23N5O2. The van der Waals surface area contributed by atoms with E-state index in [4.69, 9.17) is 5.73 Å². The molecule has 2 aliphatic heterocycles. The minimum atomic E-state index is -0.503. The Labute approximate surface area is 152 Å². The van der Waals surface area contributed by atoms with E-state index in [1.54, 1.807) is 0 Å². The summed E-state index contributed by atoms with van der Waals surface area (Å²) in [6.07, 6.45) is 3.02. The minimum Gasteiger partial charge on any atom is -0.351 e. The summed E-state index contributed by atoms with van der Waals surface area (Å²) in [7, 11) is 0. The highest BCUT2D eigenvalue weighted by atomic mass is 16.2. The predicted molar refractivity (Wildman–Crippen MR) is 97.3 cm³/mol. The monoisotopic (exact) mass is 353 g/mol. The maximum absolute atomic E-state index is 12.9. The van der Waals surface area contributed by atoms with Gasteiger partial charge in [-0.3, -0.25) is 9.89 Å². The van der Waals surface area contributed by atoms with E-state index in [2.05, 4.69) is 10.2 Å². The number of nitrogens with two attached hydrogens (primary N) is 1. The molecule has 1 atom stereocenters. The van der Waals surface area contributed by atoms with Crippen LogP contribution in [0, 0.1) is 0 Å². The van der Waals surface area contributed by atoms with Gasteiger partial charge in [-0.25, -0.2) is 4.79 Å². The van der Waals surface area contributed by atoms with E-state index in [9.17, 15) is 9.59 Å². The van der Waals surface area contributed by atoms with Crippen LogP contribution >= 0.6 is 0 Å². The van der Waals surface area contributed by atoms with Crippen LogP contribution in [0.25, 0.3) is 11.3 Å². The van der Waals surface area contributed by atoms with E-state index in [-0.39, 0.29) is 5.91 Å². The molecule has 1 aromatic carbocycles. The van der Waals surface area contributed by atoms with Gasteiger partial charge in [0.2, 0.25) is 5.91 Å². The second kappa shape index (κ2) is 6.82. The fraction of sp³-hybridized carbons (Fsp3) is 0.421. The van der Waals surface area contributed by atoms with Crippen molar-refractivity contribution in [3.05, 3.63) is 41.6 Å². The van der Waals surface area contributed by atoms with Gasteiger partial charge in [0.1, 0.15) is 6.04 Å². The van der Waals surface area contributed by atoms with E-state index in [0.29, 0.717) is 26.1 Å². The molecule has 3 N–H and O–H groups in total. The highest BCUT2D eigenvalue weighted by Crippen LogP contribution is 2.27. The molecule has 136 valence electrons. The molecule has 4 rings (SSSR count). The number of amides is 3. The van der Waals surface area contributed by atoms with Crippen LogP contribution in [0.3, 0.4) is 0 Å². The SMILES string of the molecule is NC(=O)N1CCC[C@H]1C(=O)N1CCc2[nH]nc(-c3ccccc3)c2CC1. The first-order valence-corrected chi connectivity index (χ1v) is 9.11. The summed E-state index contributed by atoms with van der Waals surface area (Å²) in [5, 5.41) is 7.64. The number of aromatic nitrogens is 2. The number of nitrogens with one attached hydrogen (secondary N) is 1. The van der Waals surface area contributed by atoms with E-state index < -0.39 is 12.1 Å². The second-order valence-corrected chi connectivity index (χ2v) is 6.91. The molecule has 2 aromatic rings. The van der Waals surface area contributed by atoms with Crippen LogP contribution in [-0.2, 0) is 17.6 Å². The highest BCUT2D eigenvalue weighted by molar-refractivity contribution is 5.87. The zero-order valence-electron chi connectivity index (χ0n) is 14.6. The number of carbonyl (C=O) groups is 2. The van der Waals surface area contributed by atoms with Gasteiger partial charge in [-0.2, -0.15) is 5.10 Å². The number of likely N-dealkylation sites (tertiary alicyclic amines) is 1. The summed E-state index contributed by atoms with van der Waals surface area (Å²) in [4.78, 5) is 27.9. The molecule has 1 saturated heterocycles. The lowest BCUT2D eigenvalue weighted by atomic mass is 10.0. The maximum atomic E-state index is 12.9. The second-order valence-electron chi connectivity index (χ2n) is 6.91. The van der Waals surface area contributed by atoms with Gasteiger partial charge in [-0.05, 0) is 19.3 Å². The Morgan fingerprint density at radius 2 is 1.88 bits per heavy atom. The Bertz CT molecular complexity index is 817. The van der Waals surface area contributed by atoms with Gasteiger partial charge in [0.05, 0.1) is 5.69 Å². The summed E-state index contributed by atoms with van der Waals surface area (Å²) in [5.74, 6) is 0.0145. The van der Waals surface area contributed by atoms with Crippen molar-refractivity contribution in [1.29, 1.82) is 0 Å². The number of fused-ring (bicyclic) bond motifs is 1. The summed E-state index contributed by atoms with van der Waals surface area (Å²) in [5.41, 5.74) is 9.76. The van der Waals surface area contributed by atoms with Crippen molar-refractivity contribution in [1.82, 2.24) is 20.0 Å². The number of rotatable bonds is 2. The number of carbonyl (C=O) groups excluding carboxylic acids is 2. The van der Waals surface area contributed by atoms with Crippen molar-refractivity contribution in [3.8, 4) is 11.3 Å². The van der Waals surface area contributed by atoms with Gasteiger partial charge in [-0.15, -0.1) is 0 Å². The largest absolute Gasteiger partial charge is 0.351 e. The maximum Gasteiger partial charge on any atom is 0.315 e. The average Bonchev–Trinajstić information content (AvgIpc) is 3.25. The first-order valence-electron chi connectivity index (χ1n) is 9.11. The van der Waals surface area contributed by atoms with E-state index in [0.717, 1.165) is 36.2 Å². The molecule has 7 heteroatoms. The molecule has 2 aliphatic rings. The van der Waals surface area contributed by atoms with Crippen LogP contribution in [0.5, 0.6) is 0 Å². The average molecular weight is 353 g/mol. The number of benzene rings is 1. The van der Waals surface area contributed by atoms with Gasteiger partial charge in [0, 0.05) is 42.9 Å². The van der Waals surface area contributed by atoms with Crippen LogP contribution in [0.2, 0.25) is 0 Å². The third kappa shape index (κ3) is 2.94. The van der Waals surface area contributed by atoms with E-state index in [1.807, 2.05) is 35.2 Å². The summed E-state index contributed by atoms with van der Waals surface area (Å²) in [6, 6.07) is 9.18. The Morgan fingerprint density at radius 3 is 2.65 bits per heavy atom. The topological polar surface area (TPSA) is 95.3 Å². The van der Waals surface area contributed by atoms with Gasteiger partial charge < -0.3 is 15.5 Å². The predicted octanol–water partition coefficient (Wildman–Crippen LogP) is 1.55. The Hall–Kier alpha value is -2.83. The number of nitrogens with zero attached hydrogens (tertiary/aromatic N) is 3. The summed E-state index contributed by atoms with van der Waals surface area (Å²) in [6.45, 7) is 1.83. The molecule has 26 heavy (non-hydrogen) atoms. The molecule has 1 fully saturated rings. The number of urea groups is 1. The molecular weight excluding hydrogens is 330 g/mol. The molecule has 7 nitrogen and oxygen atoms in total. The van der Waals surface area contributed by atoms with Crippen molar-refractivity contribution in [2.75, 3.05) is 19.6 Å². The fourth-order valence-electron chi connectivity index (χ4n) is 4.04. The molecule has 0 radical (unpaired) electrons. The number of aromatic amines is 1. The first-order chi connectivity index (χ1) is 12.6. The summed E-state index contributed by atoms with van der Waals surface area (Å²) >= 11 is 0. The van der Waals surface area contributed by atoms with Crippen molar-refractivity contribution < 1.29 is 9.59 Å². The zero-order chi connectivity index (χ0) is 18.1. The lowest BCUT2D eigenvalue weighted by Gasteiger charge is -2.28. The zero-order valence-corrected chi connectivity index (χ0v) is 14.6. The third-order valence-corrected chi connectivity index (χ3v) is 5.40. The molecule has 0 saturated carbocycles. The smallest absolute Gasteiger partial charge is 0.315 e. The first kappa shape index (κ1) is 16.6. The molecule has 1 aromatic heterocycles. The molecule has 0 unspecified atom stereocenters. The van der Waals surface area contributed by atoms with Crippen LogP contribution in [-0.4, -0.2) is 57.6 Å². The number of H-pyrrole nitrogens is 1. The Morgan fingerprint density at radius 1 is 1.12 bits per heavy atom. The van der Waals surface area contributed by atoms with Crippen molar-refractivity contribution >= 4 is 11.9 Å². The number of primary amides is 1. The van der Waals surface area contributed by atoms with Crippen LogP contribution < -0.4 is 5.73 Å². The van der Waals surface area contributed by atoms with E-state index >= 15 is 0 Å². The van der Waals surface area contributed by atoms with Crippen LogP contribution in [0.1, 0.15) is 24.1 Å². The lowest BCUT2D eigenvalue weighted by Crippen LogP contribution is -2.50. The van der Waals surface area contributed by atoms with Crippen molar-refractivity contribution in [3.63, 3.8) is 0 Å². The van der Waals surface area contributed by atoms with Gasteiger partial charge in [-0.1, -0.05) is 30.3 Å². The normalized spacial score (nSPS) is 19.9. The molecule has 3 heterocycles. The van der Waals surface area contributed by atoms with Gasteiger partial charge >= 0.3 is 6.03 Å². The Kier molecular flexibility index (Phi) is 4.36. The standard InChI is InChI=1S/C19H23N5O2/c20-19(26)24-10-4-7-16(24)18(25)23-11-8-14-15(9-12-23)21-22-17(14)13-5-2-1-3-6-13/h1-3,5-6,16H,4,7-12H2,(H2,20,26)(H,21,22)/t16-/m0/s1. The van der Waals surface area contributed by atoms with Crippen molar-refractivity contribution in [2.24, 2.45) is 5.73 Å². The quantitative estimate of drug-likeness (QED) is 0.857. The number of hydrogen-bond acceptors (Lipinski definition) is 3. The van der Waals surface area contributed by atoms with Crippen LogP contribution in [0.4, 0.5) is 4.79 Å². The summed E-state index contributed by atoms with van der Waals surface area (Å²) < 4.78 is 0.